The Labute approximate surface area is 99.2 Å². The average molecular weight is 244 g/mol. The number of hydrogen-bond donors (Lipinski definition) is 2. The third-order valence-corrected chi connectivity index (χ3v) is 3.64. The Morgan fingerprint density at radius 1 is 1.50 bits per heavy atom. The molecule has 2 nitrogen and oxygen atoms in total. The normalized spacial score (nSPS) is 19.5. The Morgan fingerprint density at radius 2 is 2.19 bits per heavy atom. The van der Waals surface area contributed by atoms with E-state index in [4.69, 9.17) is 17.3 Å². The predicted molar refractivity (Wildman–Crippen MR) is 61.8 cm³/mol. The second-order valence-corrected chi connectivity index (χ2v) is 4.85. The van der Waals surface area contributed by atoms with Crippen molar-refractivity contribution in [3.8, 4) is 0 Å². The minimum absolute atomic E-state index is 0.0926. The maximum atomic E-state index is 13.2. The molecule has 1 aliphatic rings. The summed E-state index contributed by atoms with van der Waals surface area (Å²) in [7, 11) is 0. The van der Waals surface area contributed by atoms with Crippen molar-refractivity contribution in [3.05, 3.63) is 34.6 Å². The summed E-state index contributed by atoms with van der Waals surface area (Å²) in [5.41, 5.74) is 5.29. The van der Waals surface area contributed by atoms with Gasteiger partial charge < -0.3 is 10.8 Å². The quantitative estimate of drug-likeness (QED) is 0.851. The fourth-order valence-corrected chi connectivity index (χ4v) is 2.21. The molecule has 1 saturated carbocycles. The maximum absolute atomic E-state index is 13.2. The molecule has 1 atom stereocenters. The number of benzene rings is 1. The summed E-state index contributed by atoms with van der Waals surface area (Å²) in [6.45, 7) is 0.185. The summed E-state index contributed by atoms with van der Waals surface area (Å²) in [6, 6.07) is 4.64. The molecule has 0 bridgehead atoms. The zero-order chi connectivity index (χ0) is 11.8. The smallest absolute Gasteiger partial charge is 0.142 e. The van der Waals surface area contributed by atoms with Gasteiger partial charge in [0.05, 0.1) is 10.6 Å². The van der Waals surface area contributed by atoms with E-state index in [1.807, 2.05) is 0 Å². The van der Waals surface area contributed by atoms with Crippen LogP contribution in [0.5, 0.6) is 0 Å². The van der Waals surface area contributed by atoms with Gasteiger partial charge in [0.25, 0.3) is 0 Å². The van der Waals surface area contributed by atoms with E-state index in [2.05, 4.69) is 0 Å². The topological polar surface area (TPSA) is 46.2 Å². The van der Waals surface area contributed by atoms with Crippen molar-refractivity contribution in [1.82, 2.24) is 0 Å². The highest BCUT2D eigenvalue weighted by atomic mass is 35.5. The first-order valence-corrected chi connectivity index (χ1v) is 5.80. The molecule has 3 N–H and O–H groups in total. The standard InChI is InChI=1S/C12H15ClFNO/c13-11-8(2-1-3-10(11)14)6-12(16,7-15)9-4-5-9/h1-3,9,16H,4-7,15H2. The maximum Gasteiger partial charge on any atom is 0.142 e. The third kappa shape index (κ3) is 2.21. The molecule has 1 aromatic rings. The molecular weight excluding hydrogens is 229 g/mol. The highest BCUT2D eigenvalue weighted by Gasteiger charge is 2.43. The van der Waals surface area contributed by atoms with Crippen molar-refractivity contribution in [2.24, 2.45) is 11.7 Å². The van der Waals surface area contributed by atoms with E-state index in [-0.39, 0.29) is 17.5 Å². The van der Waals surface area contributed by atoms with Gasteiger partial charge in [-0.15, -0.1) is 0 Å². The van der Waals surface area contributed by atoms with Crippen molar-refractivity contribution in [3.63, 3.8) is 0 Å². The molecule has 88 valence electrons. The minimum Gasteiger partial charge on any atom is -0.388 e. The highest BCUT2D eigenvalue weighted by molar-refractivity contribution is 6.31. The minimum atomic E-state index is -0.933. The van der Waals surface area contributed by atoms with Crippen molar-refractivity contribution >= 4 is 11.6 Å². The SMILES string of the molecule is NCC(O)(Cc1cccc(F)c1Cl)C1CC1. The molecule has 0 heterocycles. The lowest BCUT2D eigenvalue weighted by molar-refractivity contribution is 0.0267. The molecule has 1 fully saturated rings. The Hall–Kier alpha value is -0.640. The van der Waals surface area contributed by atoms with Crippen LogP contribution in [0.25, 0.3) is 0 Å². The van der Waals surface area contributed by atoms with E-state index < -0.39 is 11.4 Å². The van der Waals surface area contributed by atoms with Gasteiger partial charge in [0.1, 0.15) is 5.82 Å². The summed E-state index contributed by atoms with van der Waals surface area (Å²) < 4.78 is 13.2. The number of halogens is 2. The molecule has 0 aromatic heterocycles. The lowest BCUT2D eigenvalue weighted by atomic mass is 9.90. The zero-order valence-electron chi connectivity index (χ0n) is 8.92. The first-order valence-electron chi connectivity index (χ1n) is 5.42. The molecule has 0 aliphatic heterocycles. The molecule has 1 aliphatic carbocycles. The van der Waals surface area contributed by atoms with Crippen LogP contribution < -0.4 is 5.73 Å². The number of rotatable bonds is 4. The Morgan fingerprint density at radius 3 is 2.75 bits per heavy atom. The van der Waals surface area contributed by atoms with Crippen LogP contribution in [0, 0.1) is 11.7 Å². The number of hydrogen-bond acceptors (Lipinski definition) is 2. The van der Waals surface area contributed by atoms with Crippen LogP contribution in [0.2, 0.25) is 5.02 Å². The first kappa shape index (κ1) is 11.8. The van der Waals surface area contributed by atoms with Gasteiger partial charge in [0, 0.05) is 13.0 Å². The van der Waals surface area contributed by atoms with Gasteiger partial charge >= 0.3 is 0 Å². The van der Waals surface area contributed by atoms with Gasteiger partial charge in [-0.1, -0.05) is 23.7 Å². The monoisotopic (exact) mass is 243 g/mol. The van der Waals surface area contributed by atoms with Crippen LogP contribution in [0.3, 0.4) is 0 Å². The fourth-order valence-electron chi connectivity index (χ4n) is 2.02. The van der Waals surface area contributed by atoms with Gasteiger partial charge in [-0.05, 0) is 30.4 Å². The van der Waals surface area contributed by atoms with Crippen LogP contribution in [0.15, 0.2) is 18.2 Å². The molecule has 1 aromatic carbocycles. The predicted octanol–water partition coefficient (Wildman–Crippen LogP) is 2.12. The van der Waals surface area contributed by atoms with E-state index >= 15 is 0 Å². The van der Waals surface area contributed by atoms with Crippen LogP contribution in [-0.4, -0.2) is 17.3 Å². The number of nitrogens with two attached hydrogens (primary N) is 1. The van der Waals surface area contributed by atoms with Gasteiger partial charge in [0.2, 0.25) is 0 Å². The number of aliphatic hydroxyl groups is 1. The average Bonchev–Trinajstić information content (AvgIpc) is 3.08. The van der Waals surface area contributed by atoms with Gasteiger partial charge in [-0.25, -0.2) is 4.39 Å². The van der Waals surface area contributed by atoms with Crippen molar-refractivity contribution in [2.45, 2.75) is 24.9 Å². The van der Waals surface area contributed by atoms with Crippen LogP contribution >= 0.6 is 11.6 Å². The summed E-state index contributed by atoms with van der Waals surface area (Å²) in [5, 5.41) is 10.4. The molecule has 0 spiro atoms. The highest BCUT2D eigenvalue weighted by Crippen LogP contribution is 2.41. The van der Waals surface area contributed by atoms with E-state index in [1.54, 1.807) is 12.1 Å². The fraction of sp³-hybridized carbons (Fsp3) is 0.500. The molecule has 0 radical (unpaired) electrons. The van der Waals surface area contributed by atoms with Crippen LogP contribution in [0.4, 0.5) is 4.39 Å². The molecule has 0 saturated heterocycles. The molecule has 4 heteroatoms. The Kier molecular flexibility index (Phi) is 3.19. The summed E-state index contributed by atoms with van der Waals surface area (Å²) in [5.74, 6) is -0.217. The molecular formula is C12H15ClFNO. The Balaban J connectivity index is 2.22. The van der Waals surface area contributed by atoms with Crippen molar-refractivity contribution in [1.29, 1.82) is 0 Å². The lowest BCUT2D eigenvalue weighted by Gasteiger charge is -2.27. The largest absolute Gasteiger partial charge is 0.388 e. The zero-order valence-corrected chi connectivity index (χ0v) is 9.67. The van der Waals surface area contributed by atoms with Crippen molar-refractivity contribution in [2.75, 3.05) is 6.54 Å². The van der Waals surface area contributed by atoms with E-state index in [0.717, 1.165) is 12.8 Å². The van der Waals surface area contributed by atoms with E-state index in [9.17, 15) is 9.50 Å². The molecule has 2 rings (SSSR count). The summed E-state index contributed by atoms with van der Waals surface area (Å²) in [4.78, 5) is 0. The van der Waals surface area contributed by atoms with Gasteiger partial charge in [-0.3, -0.25) is 0 Å². The van der Waals surface area contributed by atoms with Gasteiger partial charge in [0.15, 0.2) is 0 Å². The van der Waals surface area contributed by atoms with E-state index in [1.165, 1.54) is 6.07 Å². The Bertz CT molecular complexity index is 395. The molecule has 1 unspecified atom stereocenters. The van der Waals surface area contributed by atoms with Crippen LogP contribution in [0.1, 0.15) is 18.4 Å². The third-order valence-electron chi connectivity index (χ3n) is 3.22. The molecule has 0 amide bonds. The van der Waals surface area contributed by atoms with Crippen molar-refractivity contribution < 1.29 is 9.50 Å². The van der Waals surface area contributed by atoms with Crippen LogP contribution in [-0.2, 0) is 6.42 Å². The van der Waals surface area contributed by atoms with E-state index in [0.29, 0.717) is 12.0 Å². The second kappa shape index (κ2) is 4.32. The molecule has 16 heavy (non-hydrogen) atoms. The lowest BCUT2D eigenvalue weighted by Crippen LogP contribution is -2.42. The summed E-state index contributed by atoms with van der Waals surface area (Å²) >= 11 is 5.85. The first-order chi connectivity index (χ1) is 7.57. The summed E-state index contributed by atoms with van der Waals surface area (Å²) in [6.07, 6.45) is 2.30. The second-order valence-electron chi connectivity index (χ2n) is 4.47. The van der Waals surface area contributed by atoms with Gasteiger partial charge in [-0.2, -0.15) is 0 Å².